The van der Waals surface area contributed by atoms with Gasteiger partial charge in [-0.1, -0.05) is 24.3 Å². The van der Waals surface area contributed by atoms with Gasteiger partial charge in [0.15, 0.2) is 11.5 Å². The Morgan fingerprint density at radius 1 is 1.10 bits per heavy atom. The highest BCUT2D eigenvalue weighted by Crippen LogP contribution is 2.25. The Hall–Kier alpha value is -2.69. The summed E-state index contributed by atoms with van der Waals surface area (Å²) in [5.41, 5.74) is 1.05. The van der Waals surface area contributed by atoms with Gasteiger partial charge in [0.25, 0.3) is 6.29 Å². The maximum absolute atomic E-state index is 12.2. The molecule has 0 aromatic heterocycles. The molecule has 0 spiro atoms. The van der Waals surface area contributed by atoms with E-state index in [4.69, 9.17) is 9.47 Å². The van der Waals surface area contributed by atoms with Crippen LogP contribution in [-0.4, -0.2) is 23.8 Å². The first-order valence-electron chi connectivity index (χ1n) is 6.02. The zero-order valence-electron chi connectivity index (χ0n) is 10.6. The summed E-state index contributed by atoms with van der Waals surface area (Å²) in [5, 5.41) is 0. The summed E-state index contributed by atoms with van der Waals surface area (Å²) >= 11 is 0. The van der Waals surface area contributed by atoms with Crippen LogP contribution < -0.4 is 0 Å². The smallest absolute Gasteiger partial charge is 0.336 e. The van der Waals surface area contributed by atoms with Crippen LogP contribution in [0.25, 0.3) is 0 Å². The average molecular weight is 270 g/mol. The predicted molar refractivity (Wildman–Crippen MR) is 67.9 cm³/mol. The Morgan fingerprint density at radius 2 is 1.80 bits per heavy atom. The summed E-state index contributed by atoms with van der Waals surface area (Å²) in [4.78, 5) is 35.3. The maximum Gasteiger partial charge on any atom is 0.336 e. The molecule has 0 bridgehead atoms. The van der Waals surface area contributed by atoms with E-state index in [2.05, 4.69) is 0 Å². The Morgan fingerprint density at radius 3 is 2.45 bits per heavy atom. The molecule has 5 nitrogen and oxygen atoms in total. The van der Waals surface area contributed by atoms with Gasteiger partial charge in [0.1, 0.15) is 0 Å². The van der Waals surface area contributed by atoms with Crippen LogP contribution in [0.15, 0.2) is 47.7 Å². The summed E-state index contributed by atoms with van der Waals surface area (Å²) in [5.74, 6) is -1.31. The molecular weight excluding hydrogens is 260 g/mol. The van der Waals surface area contributed by atoms with Gasteiger partial charge in [0, 0.05) is 28.9 Å². The minimum Gasteiger partial charge on any atom is -0.447 e. The molecule has 5 heteroatoms. The SMILES string of the molecule is CC1=CC(OC2=CC(=O)c3ccccc3C2=O)OC1=O. The zero-order valence-corrected chi connectivity index (χ0v) is 10.6. The number of fused-ring (bicyclic) bond motifs is 1. The van der Waals surface area contributed by atoms with Crippen LogP contribution in [0.3, 0.4) is 0 Å². The third-order valence-corrected chi connectivity index (χ3v) is 3.10. The fourth-order valence-electron chi connectivity index (χ4n) is 2.07. The number of hydrogen-bond acceptors (Lipinski definition) is 5. The summed E-state index contributed by atoms with van der Waals surface area (Å²) in [6.07, 6.45) is 1.62. The number of hydrogen-bond donors (Lipinski definition) is 0. The van der Waals surface area contributed by atoms with Gasteiger partial charge in [-0.05, 0) is 6.92 Å². The van der Waals surface area contributed by atoms with Gasteiger partial charge in [-0.3, -0.25) is 9.59 Å². The molecule has 2 aliphatic rings. The second kappa shape index (κ2) is 4.45. The second-order valence-corrected chi connectivity index (χ2v) is 4.49. The van der Waals surface area contributed by atoms with Crippen molar-refractivity contribution >= 4 is 17.5 Å². The molecule has 20 heavy (non-hydrogen) atoms. The molecule has 1 unspecified atom stereocenters. The minimum absolute atomic E-state index is 0.113. The Balaban J connectivity index is 1.88. The molecule has 0 radical (unpaired) electrons. The Kier molecular flexibility index (Phi) is 2.75. The van der Waals surface area contributed by atoms with Crippen LogP contribution in [0.5, 0.6) is 0 Å². The topological polar surface area (TPSA) is 69.7 Å². The van der Waals surface area contributed by atoms with Crippen LogP contribution >= 0.6 is 0 Å². The van der Waals surface area contributed by atoms with E-state index >= 15 is 0 Å². The predicted octanol–water partition coefficient (Wildman–Crippen LogP) is 1.80. The highest BCUT2D eigenvalue weighted by Gasteiger charge is 2.31. The molecule has 0 amide bonds. The summed E-state index contributed by atoms with van der Waals surface area (Å²) in [6.45, 7) is 1.59. The number of esters is 1. The molecule has 1 aliphatic heterocycles. The molecule has 0 fully saturated rings. The largest absolute Gasteiger partial charge is 0.447 e. The standard InChI is InChI=1S/C15H10O5/c1-8-6-13(20-15(8)18)19-12-7-11(16)9-4-2-3-5-10(9)14(12)17/h2-7,13H,1H3. The number of ether oxygens (including phenoxy) is 2. The second-order valence-electron chi connectivity index (χ2n) is 4.49. The third-order valence-electron chi connectivity index (χ3n) is 3.10. The molecular formula is C15H10O5. The van der Waals surface area contributed by atoms with Crippen LogP contribution in [0.4, 0.5) is 0 Å². The van der Waals surface area contributed by atoms with E-state index in [0.717, 1.165) is 6.08 Å². The lowest BCUT2D eigenvalue weighted by Crippen LogP contribution is -2.22. The van der Waals surface area contributed by atoms with Crippen LogP contribution in [-0.2, 0) is 14.3 Å². The first-order chi connectivity index (χ1) is 9.56. The van der Waals surface area contributed by atoms with Crippen molar-refractivity contribution in [3.63, 3.8) is 0 Å². The number of allylic oxidation sites excluding steroid dienone is 2. The Bertz CT molecular complexity index is 696. The highest BCUT2D eigenvalue weighted by atomic mass is 16.7. The van der Waals surface area contributed by atoms with Crippen LogP contribution in [0.1, 0.15) is 27.6 Å². The monoisotopic (exact) mass is 270 g/mol. The molecule has 1 atom stereocenters. The van der Waals surface area contributed by atoms with Crippen molar-refractivity contribution in [2.45, 2.75) is 13.2 Å². The molecule has 1 heterocycles. The number of benzene rings is 1. The van der Waals surface area contributed by atoms with E-state index in [1.54, 1.807) is 31.2 Å². The summed E-state index contributed by atoms with van der Waals surface area (Å²) in [6, 6.07) is 6.51. The highest BCUT2D eigenvalue weighted by molar-refractivity contribution is 6.23. The molecule has 0 saturated carbocycles. The van der Waals surface area contributed by atoms with Gasteiger partial charge in [-0.2, -0.15) is 0 Å². The van der Waals surface area contributed by atoms with Crippen molar-refractivity contribution < 1.29 is 23.9 Å². The van der Waals surface area contributed by atoms with E-state index in [1.165, 1.54) is 6.08 Å². The minimum atomic E-state index is -0.962. The van der Waals surface area contributed by atoms with Crippen molar-refractivity contribution in [3.05, 3.63) is 58.9 Å². The number of rotatable bonds is 2. The maximum atomic E-state index is 12.2. The first-order valence-corrected chi connectivity index (χ1v) is 6.02. The zero-order chi connectivity index (χ0) is 14.3. The van der Waals surface area contributed by atoms with Crippen molar-refractivity contribution in [2.24, 2.45) is 0 Å². The van der Waals surface area contributed by atoms with Gasteiger partial charge in [0.2, 0.25) is 5.78 Å². The normalized spacial score (nSPS) is 21.1. The molecule has 1 aromatic carbocycles. The van der Waals surface area contributed by atoms with E-state index in [9.17, 15) is 14.4 Å². The lowest BCUT2D eigenvalue weighted by molar-refractivity contribution is -0.153. The number of carbonyl (C=O) groups is 3. The molecule has 0 N–H and O–H groups in total. The molecule has 0 saturated heterocycles. The Labute approximate surface area is 114 Å². The van der Waals surface area contributed by atoms with E-state index < -0.39 is 18.0 Å². The van der Waals surface area contributed by atoms with E-state index in [-0.39, 0.29) is 11.5 Å². The van der Waals surface area contributed by atoms with Crippen LogP contribution in [0, 0.1) is 0 Å². The van der Waals surface area contributed by atoms with E-state index in [0.29, 0.717) is 16.7 Å². The summed E-state index contributed by atoms with van der Waals surface area (Å²) in [7, 11) is 0. The number of Topliss-reactive ketones (excluding diaryl/α,β-unsaturated/α-hetero) is 1. The quantitative estimate of drug-likeness (QED) is 0.766. The number of carbonyl (C=O) groups excluding carboxylic acids is 3. The lowest BCUT2D eigenvalue weighted by Gasteiger charge is -2.17. The van der Waals surface area contributed by atoms with Gasteiger partial charge >= 0.3 is 5.97 Å². The molecule has 1 aromatic rings. The molecule has 3 rings (SSSR count). The summed E-state index contributed by atoms with van der Waals surface area (Å²) < 4.78 is 10.2. The fraction of sp³-hybridized carbons (Fsp3) is 0.133. The third kappa shape index (κ3) is 1.93. The van der Waals surface area contributed by atoms with Gasteiger partial charge in [0.05, 0.1) is 0 Å². The van der Waals surface area contributed by atoms with Crippen molar-refractivity contribution in [2.75, 3.05) is 0 Å². The van der Waals surface area contributed by atoms with Crippen LogP contribution in [0.2, 0.25) is 0 Å². The average Bonchev–Trinajstić information content (AvgIpc) is 2.74. The van der Waals surface area contributed by atoms with E-state index in [1.807, 2.05) is 0 Å². The van der Waals surface area contributed by atoms with Crippen molar-refractivity contribution in [1.29, 1.82) is 0 Å². The number of cyclic esters (lactones) is 1. The van der Waals surface area contributed by atoms with Gasteiger partial charge in [-0.15, -0.1) is 0 Å². The van der Waals surface area contributed by atoms with Gasteiger partial charge < -0.3 is 9.47 Å². The first kappa shape index (κ1) is 12.3. The number of ketones is 2. The van der Waals surface area contributed by atoms with Crippen molar-refractivity contribution in [1.82, 2.24) is 0 Å². The van der Waals surface area contributed by atoms with Gasteiger partial charge in [-0.25, -0.2) is 4.79 Å². The lowest BCUT2D eigenvalue weighted by atomic mass is 9.94. The van der Waals surface area contributed by atoms with Crippen molar-refractivity contribution in [3.8, 4) is 0 Å². The molecule has 100 valence electrons. The molecule has 1 aliphatic carbocycles. The fourth-order valence-corrected chi connectivity index (χ4v) is 2.07.